The maximum atomic E-state index is 13.3. The van der Waals surface area contributed by atoms with Crippen LogP contribution >= 0.6 is 27.7 Å². The molecule has 0 unspecified atom stereocenters. The van der Waals surface area contributed by atoms with Crippen LogP contribution in [0.15, 0.2) is 22.7 Å². The number of carbonyl (C=O) groups is 1. The Morgan fingerprint density at radius 1 is 1.39 bits per heavy atom. The Balaban J connectivity index is 2.46. The summed E-state index contributed by atoms with van der Waals surface area (Å²) in [6.07, 6.45) is 0. The Hall–Kier alpha value is -0.760. The number of nitrogens with one attached hydrogen (secondary N) is 1. The van der Waals surface area contributed by atoms with Crippen LogP contribution in [0.2, 0.25) is 0 Å². The molecule has 8 heteroatoms. The summed E-state index contributed by atoms with van der Waals surface area (Å²) < 4.78 is 49.2. The zero-order chi connectivity index (χ0) is 13.8. The lowest BCUT2D eigenvalue weighted by molar-refractivity contribution is -0.0327. The second-order valence-corrected chi connectivity index (χ2v) is 5.25. The average molecular weight is 346 g/mol. The first-order valence-corrected chi connectivity index (χ1v) is 6.51. The molecular weight excluding hydrogens is 338 g/mol. The molecule has 1 aromatic rings. The molecule has 0 aromatic heterocycles. The largest absolute Gasteiger partial charge is 0.441 e. The van der Waals surface area contributed by atoms with E-state index >= 15 is 0 Å². The van der Waals surface area contributed by atoms with Crippen molar-refractivity contribution in [1.82, 2.24) is 5.32 Å². The van der Waals surface area contributed by atoms with Gasteiger partial charge in [-0.25, -0.2) is 4.39 Å². The van der Waals surface area contributed by atoms with Crippen LogP contribution in [0.25, 0.3) is 0 Å². The van der Waals surface area contributed by atoms with Crippen molar-refractivity contribution >= 4 is 33.6 Å². The van der Waals surface area contributed by atoms with Gasteiger partial charge in [-0.2, -0.15) is 13.2 Å². The minimum atomic E-state index is -4.33. The molecule has 0 saturated carbocycles. The molecule has 0 aliphatic carbocycles. The molecule has 0 fully saturated rings. The number of carbonyl (C=O) groups excluding carboxylic acids is 1. The van der Waals surface area contributed by atoms with E-state index in [2.05, 4.69) is 21.2 Å². The molecule has 1 rings (SSSR count). The SMILES string of the molecule is O=C(NCCSC(F)(F)F)c1ccc(Br)cc1F. The lowest BCUT2D eigenvalue weighted by Gasteiger charge is -2.07. The van der Waals surface area contributed by atoms with Gasteiger partial charge >= 0.3 is 5.51 Å². The van der Waals surface area contributed by atoms with Gasteiger partial charge in [0.25, 0.3) is 5.91 Å². The molecule has 0 aliphatic rings. The summed E-state index contributed by atoms with van der Waals surface area (Å²) in [7, 11) is 0. The highest BCUT2D eigenvalue weighted by Gasteiger charge is 2.27. The number of halogens is 5. The van der Waals surface area contributed by atoms with Crippen LogP contribution in [0, 0.1) is 5.82 Å². The predicted octanol–water partition coefficient (Wildman–Crippen LogP) is 3.57. The van der Waals surface area contributed by atoms with Crippen molar-refractivity contribution in [3.63, 3.8) is 0 Å². The van der Waals surface area contributed by atoms with Gasteiger partial charge in [0.05, 0.1) is 5.56 Å². The van der Waals surface area contributed by atoms with Crippen molar-refractivity contribution < 1.29 is 22.4 Å². The summed E-state index contributed by atoms with van der Waals surface area (Å²) >= 11 is 2.79. The van der Waals surface area contributed by atoms with Gasteiger partial charge in [-0.05, 0) is 30.0 Å². The van der Waals surface area contributed by atoms with Gasteiger partial charge in [-0.3, -0.25) is 4.79 Å². The third-order valence-corrected chi connectivity index (χ3v) is 3.06. The maximum absolute atomic E-state index is 13.3. The van der Waals surface area contributed by atoms with Gasteiger partial charge in [0.2, 0.25) is 0 Å². The van der Waals surface area contributed by atoms with Crippen LogP contribution in [0.3, 0.4) is 0 Å². The minimum Gasteiger partial charge on any atom is -0.351 e. The van der Waals surface area contributed by atoms with Gasteiger partial charge in [0.15, 0.2) is 0 Å². The normalized spacial score (nSPS) is 11.4. The first kappa shape index (κ1) is 15.3. The number of hydrogen-bond acceptors (Lipinski definition) is 2. The Morgan fingerprint density at radius 2 is 2.06 bits per heavy atom. The predicted molar refractivity (Wildman–Crippen MR) is 64.9 cm³/mol. The van der Waals surface area contributed by atoms with Crippen molar-refractivity contribution in [2.24, 2.45) is 0 Å². The fourth-order valence-corrected chi connectivity index (χ4v) is 1.87. The quantitative estimate of drug-likeness (QED) is 0.667. The van der Waals surface area contributed by atoms with E-state index in [-0.39, 0.29) is 29.6 Å². The smallest absolute Gasteiger partial charge is 0.351 e. The lowest BCUT2D eigenvalue weighted by atomic mass is 10.2. The van der Waals surface area contributed by atoms with Crippen LogP contribution in [-0.4, -0.2) is 23.7 Å². The maximum Gasteiger partial charge on any atom is 0.441 e. The average Bonchev–Trinajstić information content (AvgIpc) is 2.22. The molecule has 1 N–H and O–H groups in total. The topological polar surface area (TPSA) is 29.1 Å². The van der Waals surface area contributed by atoms with Crippen LogP contribution < -0.4 is 5.32 Å². The van der Waals surface area contributed by atoms with E-state index < -0.39 is 17.2 Å². The van der Waals surface area contributed by atoms with E-state index in [4.69, 9.17) is 0 Å². The Bertz CT molecular complexity index is 438. The molecular formula is C10H8BrF4NOS. The van der Waals surface area contributed by atoms with Gasteiger partial charge in [0.1, 0.15) is 5.82 Å². The van der Waals surface area contributed by atoms with Crippen LogP contribution in [0.4, 0.5) is 17.6 Å². The number of benzene rings is 1. The molecule has 0 saturated heterocycles. The first-order valence-electron chi connectivity index (χ1n) is 4.73. The van der Waals surface area contributed by atoms with Gasteiger partial charge in [-0.1, -0.05) is 15.9 Å². The molecule has 0 radical (unpaired) electrons. The number of rotatable bonds is 4. The third-order valence-electron chi connectivity index (χ3n) is 1.83. The summed E-state index contributed by atoms with van der Waals surface area (Å²) in [4.78, 5) is 11.4. The highest BCUT2D eigenvalue weighted by Crippen LogP contribution is 2.29. The molecule has 0 bridgehead atoms. The van der Waals surface area contributed by atoms with Gasteiger partial charge in [-0.15, -0.1) is 0 Å². The van der Waals surface area contributed by atoms with Gasteiger partial charge in [0, 0.05) is 16.8 Å². The van der Waals surface area contributed by atoms with Crippen molar-refractivity contribution in [3.8, 4) is 0 Å². The van der Waals surface area contributed by atoms with Gasteiger partial charge < -0.3 is 5.32 Å². The second kappa shape index (κ2) is 6.42. The van der Waals surface area contributed by atoms with E-state index in [1.54, 1.807) is 0 Å². The first-order chi connectivity index (χ1) is 8.29. The van der Waals surface area contributed by atoms with Crippen molar-refractivity contribution in [2.75, 3.05) is 12.3 Å². The standard InChI is InChI=1S/C10H8BrF4NOS/c11-6-1-2-7(8(12)5-6)9(17)16-3-4-18-10(13,14)15/h1-2,5H,3-4H2,(H,16,17). The summed E-state index contributed by atoms with van der Waals surface area (Å²) in [6.45, 7) is -0.182. The van der Waals surface area contributed by atoms with E-state index in [0.717, 1.165) is 6.07 Å². The number of hydrogen-bond donors (Lipinski definition) is 1. The zero-order valence-corrected chi connectivity index (χ0v) is 11.3. The molecule has 1 aromatic carbocycles. The fourth-order valence-electron chi connectivity index (χ4n) is 1.10. The summed E-state index contributed by atoms with van der Waals surface area (Å²) in [6, 6.07) is 3.84. The van der Waals surface area contributed by atoms with E-state index in [1.807, 2.05) is 0 Å². The molecule has 0 heterocycles. The molecule has 2 nitrogen and oxygen atoms in total. The number of alkyl halides is 3. The zero-order valence-electron chi connectivity index (χ0n) is 8.85. The van der Waals surface area contributed by atoms with E-state index in [9.17, 15) is 22.4 Å². The molecule has 18 heavy (non-hydrogen) atoms. The summed E-state index contributed by atoms with van der Waals surface area (Å²) in [5, 5.41) is 2.22. The fraction of sp³-hybridized carbons (Fsp3) is 0.300. The van der Waals surface area contributed by atoms with E-state index in [0.29, 0.717) is 4.47 Å². The molecule has 100 valence electrons. The Kier molecular flexibility index (Phi) is 5.46. The third kappa shape index (κ3) is 5.26. The second-order valence-electron chi connectivity index (χ2n) is 3.17. The lowest BCUT2D eigenvalue weighted by Crippen LogP contribution is -2.27. The Morgan fingerprint density at radius 3 is 2.61 bits per heavy atom. The Labute approximate surface area is 113 Å². The van der Waals surface area contributed by atoms with Crippen LogP contribution in [0.5, 0.6) is 0 Å². The molecule has 0 aliphatic heterocycles. The monoisotopic (exact) mass is 345 g/mol. The highest BCUT2D eigenvalue weighted by atomic mass is 79.9. The summed E-state index contributed by atoms with van der Waals surface area (Å²) in [5.41, 5.74) is -4.52. The van der Waals surface area contributed by atoms with Crippen molar-refractivity contribution in [3.05, 3.63) is 34.1 Å². The van der Waals surface area contributed by atoms with E-state index in [1.165, 1.54) is 12.1 Å². The number of thioether (sulfide) groups is 1. The van der Waals surface area contributed by atoms with Crippen LogP contribution in [0.1, 0.15) is 10.4 Å². The summed E-state index contributed by atoms with van der Waals surface area (Å²) in [5.74, 6) is -1.78. The highest BCUT2D eigenvalue weighted by molar-refractivity contribution is 9.10. The number of amides is 1. The molecule has 0 atom stereocenters. The van der Waals surface area contributed by atoms with Crippen LogP contribution in [-0.2, 0) is 0 Å². The molecule has 0 spiro atoms. The molecule has 1 amide bonds. The minimum absolute atomic E-state index is 0.182. The van der Waals surface area contributed by atoms with Crippen molar-refractivity contribution in [1.29, 1.82) is 0 Å². The van der Waals surface area contributed by atoms with Crippen molar-refractivity contribution in [2.45, 2.75) is 5.51 Å².